The highest BCUT2D eigenvalue weighted by Gasteiger charge is 2.52. The molecular formula is C20H28N2O4S. The van der Waals surface area contributed by atoms with Gasteiger partial charge in [-0.3, -0.25) is 9.59 Å². The van der Waals surface area contributed by atoms with Gasteiger partial charge in [-0.2, -0.15) is 0 Å². The van der Waals surface area contributed by atoms with Gasteiger partial charge in [-0.25, -0.2) is 0 Å². The Hall–Kier alpha value is -1.89. The van der Waals surface area contributed by atoms with E-state index in [0.717, 1.165) is 23.5 Å². The summed E-state index contributed by atoms with van der Waals surface area (Å²) in [5.74, 6) is 2.18. The quantitative estimate of drug-likeness (QED) is 0.737. The van der Waals surface area contributed by atoms with Gasteiger partial charge in [0.1, 0.15) is 6.04 Å². The van der Waals surface area contributed by atoms with Crippen molar-refractivity contribution in [3.8, 4) is 11.5 Å². The molecule has 1 N–H and O–H groups in total. The van der Waals surface area contributed by atoms with Gasteiger partial charge in [0.05, 0.1) is 18.1 Å². The van der Waals surface area contributed by atoms with Crippen molar-refractivity contribution in [3.05, 3.63) is 23.8 Å². The molecule has 3 rings (SSSR count). The minimum absolute atomic E-state index is 0.0579. The summed E-state index contributed by atoms with van der Waals surface area (Å²) >= 11 is 1.71. The third-order valence-corrected chi connectivity index (χ3v) is 6.57. The van der Waals surface area contributed by atoms with Crippen LogP contribution in [0.25, 0.3) is 0 Å². The molecule has 0 aliphatic carbocycles. The number of rotatable bonds is 8. The number of carbonyl (C=O) groups is 2. The molecule has 0 aromatic heterocycles. The number of fused-ring (bicyclic) bond motifs is 1. The average molecular weight is 393 g/mol. The Bertz CT molecular complexity index is 711. The molecule has 2 fully saturated rings. The molecule has 0 spiro atoms. The molecule has 27 heavy (non-hydrogen) atoms. The van der Waals surface area contributed by atoms with Gasteiger partial charge in [0.15, 0.2) is 11.5 Å². The van der Waals surface area contributed by atoms with E-state index in [1.807, 2.05) is 32.0 Å². The first-order valence-electron chi connectivity index (χ1n) is 9.61. The highest BCUT2D eigenvalue weighted by atomic mass is 32.2. The zero-order chi connectivity index (χ0) is 19.4. The molecule has 1 aromatic carbocycles. The Balaban J connectivity index is 1.56. The fourth-order valence-electron chi connectivity index (χ4n) is 3.71. The summed E-state index contributed by atoms with van der Waals surface area (Å²) in [6.07, 6.45) is 2.07. The van der Waals surface area contributed by atoms with Crippen LogP contribution < -0.4 is 14.8 Å². The van der Waals surface area contributed by atoms with Crippen LogP contribution in [-0.4, -0.2) is 53.1 Å². The van der Waals surface area contributed by atoms with Crippen molar-refractivity contribution in [1.82, 2.24) is 10.2 Å². The van der Waals surface area contributed by atoms with Crippen molar-refractivity contribution in [2.45, 2.75) is 50.9 Å². The van der Waals surface area contributed by atoms with Crippen molar-refractivity contribution in [2.75, 3.05) is 25.5 Å². The largest absolute Gasteiger partial charge is 0.490 e. The second kappa shape index (κ2) is 8.42. The van der Waals surface area contributed by atoms with E-state index in [1.165, 1.54) is 0 Å². The number of nitrogens with zero attached hydrogens (tertiary/aromatic N) is 1. The first kappa shape index (κ1) is 19.9. The predicted molar refractivity (Wildman–Crippen MR) is 106 cm³/mol. The summed E-state index contributed by atoms with van der Waals surface area (Å²) in [6, 6.07) is 5.52. The minimum Gasteiger partial charge on any atom is -0.490 e. The first-order chi connectivity index (χ1) is 13.0. The molecule has 7 heteroatoms. The van der Waals surface area contributed by atoms with E-state index in [9.17, 15) is 9.59 Å². The Kier molecular flexibility index (Phi) is 6.19. The number of hydrogen-bond acceptors (Lipinski definition) is 5. The standard InChI is InChI=1S/C20H28N2O4S/c1-4-25-16-7-6-14(12-17(16)26-5-2)9-11-21-19(24)15-13-27-20(3)10-8-18(23)22(15)20/h6-7,12,15H,4-5,8-11,13H2,1-3H3,(H,21,24)/t15-,20-/m1/s1. The van der Waals surface area contributed by atoms with E-state index in [2.05, 4.69) is 12.2 Å². The summed E-state index contributed by atoms with van der Waals surface area (Å²) in [6.45, 7) is 7.63. The summed E-state index contributed by atoms with van der Waals surface area (Å²) in [5, 5.41) is 3.00. The van der Waals surface area contributed by atoms with Crippen LogP contribution in [0.1, 0.15) is 39.2 Å². The van der Waals surface area contributed by atoms with Crippen LogP contribution in [0.15, 0.2) is 18.2 Å². The molecule has 6 nitrogen and oxygen atoms in total. The SMILES string of the molecule is CCOc1ccc(CCNC(=O)[C@H]2CS[C@]3(C)CCC(=O)N23)cc1OCC. The van der Waals surface area contributed by atoms with Gasteiger partial charge in [0.2, 0.25) is 11.8 Å². The van der Waals surface area contributed by atoms with Gasteiger partial charge in [-0.15, -0.1) is 11.8 Å². The number of benzene rings is 1. The number of carbonyl (C=O) groups excluding carboxylic acids is 2. The summed E-state index contributed by atoms with van der Waals surface area (Å²) in [7, 11) is 0. The van der Waals surface area contributed by atoms with E-state index in [4.69, 9.17) is 9.47 Å². The monoisotopic (exact) mass is 392 g/mol. The van der Waals surface area contributed by atoms with Crippen molar-refractivity contribution < 1.29 is 19.1 Å². The maximum absolute atomic E-state index is 12.6. The van der Waals surface area contributed by atoms with E-state index in [0.29, 0.717) is 38.4 Å². The molecule has 0 bridgehead atoms. The molecule has 0 saturated carbocycles. The zero-order valence-corrected chi connectivity index (χ0v) is 17.1. The predicted octanol–water partition coefficient (Wildman–Crippen LogP) is 2.60. The molecule has 0 unspecified atom stereocenters. The summed E-state index contributed by atoms with van der Waals surface area (Å²) in [5.41, 5.74) is 1.07. The Labute approximate surface area is 165 Å². The van der Waals surface area contributed by atoms with E-state index in [-0.39, 0.29) is 22.7 Å². The second-order valence-electron chi connectivity index (χ2n) is 6.95. The van der Waals surface area contributed by atoms with E-state index < -0.39 is 0 Å². The minimum atomic E-state index is -0.352. The van der Waals surface area contributed by atoms with Crippen molar-refractivity contribution in [1.29, 1.82) is 0 Å². The Morgan fingerprint density at radius 3 is 2.78 bits per heavy atom. The Morgan fingerprint density at radius 1 is 1.30 bits per heavy atom. The van der Waals surface area contributed by atoms with Crippen molar-refractivity contribution >= 4 is 23.6 Å². The topological polar surface area (TPSA) is 67.9 Å². The zero-order valence-electron chi connectivity index (χ0n) is 16.2. The van der Waals surface area contributed by atoms with Crippen molar-refractivity contribution in [2.24, 2.45) is 0 Å². The van der Waals surface area contributed by atoms with Crippen LogP contribution in [-0.2, 0) is 16.0 Å². The number of ether oxygens (including phenoxy) is 2. The van der Waals surface area contributed by atoms with Gasteiger partial charge >= 0.3 is 0 Å². The first-order valence-corrected chi connectivity index (χ1v) is 10.6. The smallest absolute Gasteiger partial charge is 0.243 e. The van der Waals surface area contributed by atoms with Crippen molar-refractivity contribution in [3.63, 3.8) is 0 Å². The van der Waals surface area contributed by atoms with Gasteiger partial charge in [0.25, 0.3) is 0 Å². The maximum atomic E-state index is 12.6. The van der Waals surface area contributed by atoms with E-state index >= 15 is 0 Å². The van der Waals surface area contributed by atoms with Crippen LogP contribution in [0.5, 0.6) is 11.5 Å². The van der Waals surface area contributed by atoms with Gasteiger partial charge < -0.3 is 19.7 Å². The third-order valence-electron chi connectivity index (χ3n) is 5.07. The number of hydrogen-bond donors (Lipinski definition) is 1. The fourth-order valence-corrected chi connectivity index (χ4v) is 5.15. The van der Waals surface area contributed by atoms with Crippen LogP contribution >= 0.6 is 11.8 Å². The second-order valence-corrected chi connectivity index (χ2v) is 8.46. The van der Waals surface area contributed by atoms with Gasteiger partial charge in [-0.1, -0.05) is 6.07 Å². The third kappa shape index (κ3) is 4.18. The van der Waals surface area contributed by atoms with Crippen LogP contribution in [0.3, 0.4) is 0 Å². The Morgan fingerprint density at radius 2 is 2.04 bits per heavy atom. The van der Waals surface area contributed by atoms with Gasteiger partial charge in [0, 0.05) is 18.7 Å². The normalized spacial score (nSPS) is 24.0. The summed E-state index contributed by atoms with van der Waals surface area (Å²) in [4.78, 5) is 26.4. The molecule has 2 saturated heterocycles. The molecule has 2 heterocycles. The highest BCUT2D eigenvalue weighted by molar-refractivity contribution is 8.01. The number of amides is 2. The average Bonchev–Trinajstić information content (AvgIpc) is 3.13. The summed E-state index contributed by atoms with van der Waals surface area (Å²) < 4.78 is 11.2. The van der Waals surface area contributed by atoms with E-state index in [1.54, 1.807) is 16.7 Å². The molecule has 2 aliphatic heterocycles. The molecule has 148 valence electrons. The number of thioether (sulfide) groups is 1. The molecule has 1 aromatic rings. The number of nitrogens with one attached hydrogen (secondary N) is 1. The molecule has 0 radical (unpaired) electrons. The highest BCUT2D eigenvalue weighted by Crippen LogP contribution is 2.47. The fraction of sp³-hybridized carbons (Fsp3) is 0.600. The lowest BCUT2D eigenvalue weighted by molar-refractivity contribution is -0.137. The van der Waals surface area contributed by atoms with Gasteiger partial charge in [-0.05, 0) is 51.3 Å². The lowest BCUT2D eigenvalue weighted by Gasteiger charge is -2.29. The molecule has 2 atom stereocenters. The maximum Gasteiger partial charge on any atom is 0.243 e. The molecule has 2 aliphatic rings. The molecule has 2 amide bonds. The van der Waals surface area contributed by atoms with Crippen LogP contribution in [0, 0.1) is 0 Å². The van der Waals surface area contributed by atoms with Crippen LogP contribution in [0.4, 0.5) is 0 Å². The van der Waals surface area contributed by atoms with Crippen LogP contribution in [0.2, 0.25) is 0 Å². The molecular weight excluding hydrogens is 364 g/mol. The lowest BCUT2D eigenvalue weighted by atomic mass is 10.1. The lowest BCUT2D eigenvalue weighted by Crippen LogP contribution is -2.50.